The Kier molecular flexibility index (Phi) is 4.49. The number of benzene rings is 1. The monoisotopic (exact) mass is 316 g/mol. The Morgan fingerprint density at radius 3 is 2.86 bits per heavy atom. The lowest BCUT2D eigenvalue weighted by Gasteiger charge is -2.40. The average Bonchev–Trinajstić information content (AvgIpc) is 3.00. The SMILES string of the molecule is CSc1ccccc1N1C(=O)CN(Cc2ccn[nH]2)CC1C. The molecule has 1 aliphatic heterocycles. The van der Waals surface area contributed by atoms with Gasteiger partial charge in [0.15, 0.2) is 0 Å². The fraction of sp³-hybridized carbons (Fsp3) is 0.375. The second-order valence-electron chi connectivity index (χ2n) is 5.54. The van der Waals surface area contributed by atoms with Crippen LogP contribution in [0, 0.1) is 0 Å². The summed E-state index contributed by atoms with van der Waals surface area (Å²) in [5, 5.41) is 6.92. The van der Waals surface area contributed by atoms with Crippen LogP contribution in [-0.2, 0) is 11.3 Å². The number of aromatic nitrogens is 2. The molecule has 0 bridgehead atoms. The molecule has 1 atom stereocenters. The van der Waals surface area contributed by atoms with Crippen molar-refractivity contribution in [3.63, 3.8) is 0 Å². The van der Waals surface area contributed by atoms with Crippen LogP contribution >= 0.6 is 11.8 Å². The van der Waals surface area contributed by atoms with E-state index in [9.17, 15) is 4.79 Å². The summed E-state index contributed by atoms with van der Waals surface area (Å²) in [6.07, 6.45) is 3.79. The average molecular weight is 316 g/mol. The molecular weight excluding hydrogens is 296 g/mol. The first-order chi connectivity index (χ1) is 10.7. The van der Waals surface area contributed by atoms with Gasteiger partial charge in [-0.15, -0.1) is 11.8 Å². The Balaban J connectivity index is 1.77. The molecule has 3 rings (SSSR count). The molecule has 1 N–H and O–H groups in total. The largest absolute Gasteiger partial charge is 0.306 e. The summed E-state index contributed by atoms with van der Waals surface area (Å²) in [5.41, 5.74) is 2.06. The van der Waals surface area contributed by atoms with E-state index < -0.39 is 0 Å². The van der Waals surface area contributed by atoms with Crippen LogP contribution in [0.1, 0.15) is 12.6 Å². The Hall–Kier alpha value is -1.79. The lowest BCUT2D eigenvalue weighted by atomic mass is 10.1. The summed E-state index contributed by atoms with van der Waals surface area (Å²) in [7, 11) is 0. The third kappa shape index (κ3) is 3.03. The van der Waals surface area contributed by atoms with Crippen molar-refractivity contribution in [3.05, 3.63) is 42.2 Å². The van der Waals surface area contributed by atoms with Gasteiger partial charge in [0.25, 0.3) is 0 Å². The van der Waals surface area contributed by atoms with Crippen molar-refractivity contribution in [2.24, 2.45) is 0 Å². The van der Waals surface area contributed by atoms with Crippen LogP contribution in [0.3, 0.4) is 0 Å². The molecule has 22 heavy (non-hydrogen) atoms. The van der Waals surface area contributed by atoms with Crippen molar-refractivity contribution >= 4 is 23.4 Å². The number of carbonyl (C=O) groups is 1. The van der Waals surface area contributed by atoms with Gasteiger partial charge >= 0.3 is 0 Å². The maximum absolute atomic E-state index is 12.7. The highest BCUT2D eigenvalue weighted by molar-refractivity contribution is 7.98. The number of hydrogen-bond donors (Lipinski definition) is 1. The van der Waals surface area contributed by atoms with Crippen LogP contribution in [0.25, 0.3) is 0 Å². The number of carbonyl (C=O) groups excluding carboxylic acids is 1. The molecule has 0 saturated carbocycles. The number of anilines is 1. The highest BCUT2D eigenvalue weighted by Crippen LogP contribution is 2.31. The molecule has 1 fully saturated rings. The number of thioether (sulfide) groups is 1. The van der Waals surface area contributed by atoms with Crippen molar-refractivity contribution in [1.82, 2.24) is 15.1 Å². The molecule has 1 aliphatic rings. The van der Waals surface area contributed by atoms with E-state index in [0.717, 1.165) is 29.4 Å². The number of piperazine rings is 1. The zero-order chi connectivity index (χ0) is 15.5. The molecule has 1 saturated heterocycles. The molecule has 116 valence electrons. The Labute approximate surface area is 134 Å². The zero-order valence-electron chi connectivity index (χ0n) is 12.8. The molecule has 0 spiro atoms. The number of H-pyrrole nitrogens is 1. The first-order valence-electron chi connectivity index (χ1n) is 7.34. The molecule has 1 amide bonds. The number of amides is 1. The Morgan fingerprint density at radius 1 is 1.36 bits per heavy atom. The van der Waals surface area contributed by atoms with E-state index in [4.69, 9.17) is 0 Å². The van der Waals surface area contributed by atoms with Gasteiger partial charge in [0, 0.05) is 35.9 Å². The number of aromatic amines is 1. The van der Waals surface area contributed by atoms with E-state index in [1.807, 2.05) is 35.4 Å². The lowest BCUT2D eigenvalue weighted by Crippen LogP contribution is -2.55. The van der Waals surface area contributed by atoms with Crippen LogP contribution in [0.4, 0.5) is 5.69 Å². The molecule has 0 aliphatic carbocycles. The van der Waals surface area contributed by atoms with E-state index in [2.05, 4.69) is 28.1 Å². The molecule has 2 heterocycles. The second-order valence-corrected chi connectivity index (χ2v) is 6.38. The van der Waals surface area contributed by atoms with Crippen molar-refractivity contribution in [2.45, 2.75) is 24.4 Å². The number of rotatable bonds is 4. The standard InChI is InChI=1S/C16H20N4OS/c1-12-9-19(10-13-7-8-17-18-13)11-16(21)20(12)14-5-3-4-6-15(14)22-2/h3-8,12H,9-11H2,1-2H3,(H,17,18). The number of nitrogens with one attached hydrogen (secondary N) is 1. The van der Waals surface area contributed by atoms with Crippen LogP contribution in [-0.4, -0.2) is 46.4 Å². The van der Waals surface area contributed by atoms with Gasteiger partial charge in [0.05, 0.1) is 12.2 Å². The van der Waals surface area contributed by atoms with Gasteiger partial charge in [0.1, 0.15) is 0 Å². The quantitative estimate of drug-likeness (QED) is 0.880. The Morgan fingerprint density at radius 2 is 2.18 bits per heavy atom. The van der Waals surface area contributed by atoms with E-state index in [-0.39, 0.29) is 11.9 Å². The summed E-state index contributed by atoms with van der Waals surface area (Å²) in [6.45, 7) is 4.13. The summed E-state index contributed by atoms with van der Waals surface area (Å²) in [6, 6.07) is 10.2. The molecule has 6 heteroatoms. The van der Waals surface area contributed by atoms with Crippen molar-refractivity contribution in [1.29, 1.82) is 0 Å². The normalized spacial score (nSPS) is 19.6. The van der Waals surface area contributed by atoms with E-state index in [1.165, 1.54) is 0 Å². The highest BCUT2D eigenvalue weighted by Gasteiger charge is 2.31. The van der Waals surface area contributed by atoms with Gasteiger partial charge in [0.2, 0.25) is 5.91 Å². The van der Waals surface area contributed by atoms with Crippen LogP contribution < -0.4 is 4.90 Å². The fourth-order valence-electron chi connectivity index (χ4n) is 2.97. The zero-order valence-corrected chi connectivity index (χ0v) is 13.6. The minimum atomic E-state index is 0.150. The predicted octanol–water partition coefficient (Wildman–Crippen LogP) is 2.37. The fourth-order valence-corrected chi connectivity index (χ4v) is 3.56. The second kappa shape index (κ2) is 6.54. The molecular formula is C16H20N4OS. The number of para-hydroxylation sites is 1. The van der Waals surface area contributed by atoms with Gasteiger partial charge < -0.3 is 4.90 Å². The van der Waals surface area contributed by atoms with E-state index >= 15 is 0 Å². The minimum absolute atomic E-state index is 0.150. The molecule has 1 unspecified atom stereocenters. The van der Waals surface area contributed by atoms with Crippen molar-refractivity contribution in [3.8, 4) is 0 Å². The van der Waals surface area contributed by atoms with Gasteiger partial charge in [-0.05, 0) is 31.4 Å². The van der Waals surface area contributed by atoms with Crippen molar-refractivity contribution in [2.75, 3.05) is 24.2 Å². The molecule has 1 aromatic heterocycles. The first kappa shape index (κ1) is 15.1. The summed E-state index contributed by atoms with van der Waals surface area (Å²) in [4.78, 5) is 17.9. The summed E-state index contributed by atoms with van der Waals surface area (Å²) >= 11 is 1.68. The van der Waals surface area contributed by atoms with E-state index in [0.29, 0.717) is 6.54 Å². The van der Waals surface area contributed by atoms with Crippen molar-refractivity contribution < 1.29 is 4.79 Å². The lowest BCUT2D eigenvalue weighted by molar-refractivity contribution is -0.122. The third-order valence-electron chi connectivity index (χ3n) is 3.89. The minimum Gasteiger partial charge on any atom is -0.306 e. The van der Waals surface area contributed by atoms with E-state index in [1.54, 1.807) is 18.0 Å². The maximum atomic E-state index is 12.7. The van der Waals surface area contributed by atoms with Gasteiger partial charge in [-0.25, -0.2) is 0 Å². The highest BCUT2D eigenvalue weighted by atomic mass is 32.2. The summed E-state index contributed by atoms with van der Waals surface area (Å²) < 4.78 is 0. The maximum Gasteiger partial charge on any atom is 0.241 e. The number of nitrogens with zero attached hydrogens (tertiary/aromatic N) is 3. The predicted molar refractivity (Wildman–Crippen MR) is 89.0 cm³/mol. The smallest absolute Gasteiger partial charge is 0.241 e. The molecule has 1 aromatic carbocycles. The molecule has 0 radical (unpaired) electrons. The third-order valence-corrected chi connectivity index (χ3v) is 4.67. The van der Waals surface area contributed by atoms with Gasteiger partial charge in [-0.1, -0.05) is 12.1 Å². The topological polar surface area (TPSA) is 52.2 Å². The Bertz CT molecular complexity index is 643. The molecule has 2 aromatic rings. The van der Waals surface area contributed by atoms with Crippen LogP contribution in [0.5, 0.6) is 0 Å². The summed E-state index contributed by atoms with van der Waals surface area (Å²) in [5.74, 6) is 0.153. The van der Waals surface area contributed by atoms with Crippen LogP contribution in [0.15, 0.2) is 41.4 Å². The van der Waals surface area contributed by atoms with Crippen LogP contribution in [0.2, 0.25) is 0 Å². The molecule has 5 nitrogen and oxygen atoms in total. The number of hydrogen-bond acceptors (Lipinski definition) is 4. The first-order valence-corrected chi connectivity index (χ1v) is 8.57. The van der Waals surface area contributed by atoms with Gasteiger partial charge in [-0.2, -0.15) is 5.10 Å². The van der Waals surface area contributed by atoms with Gasteiger partial charge in [-0.3, -0.25) is 14.8 Å².